The Bertz CT molecular complexity index is 513. The van der Waals surface area contributed by atoms with Gasteiger partial charge >= 0.3 is 5.97 Å². The van der Waals surface area contributed by atoms with Crippen LogP contribution >= 0.6 is 27.3 Å². The zero-order chi connectivity index (χ0) is 14.5. The molecular weight excluding hydrogens is 342 g/mol. The van der Waals surface area contributed by atoms with Gasteiger partial charge in [0.2, 0.25) is 5.91 Å². The fourth-order valence-corrected chi connectivity index (χ4v) is 4.00. The molecule has 2 rings (SSSR count). The molecule has 1 aromatic heterocycles. The van der Waals surface area contributed by atoms with Crippen LogP contribution in [0.2, 0.25) is 0 Å². The third-order valence-electron chi connectivity index (χ3n) is 3.23. The van der Waals surface area contributed by atoms with E-state index in [9.17, 15) is 9.59 Å². The Morgan fingerprint density at radius 2 is 2.10 bits per heavy atom. The largest absolute Gasteiger partial charge is 0.462 e. The number of amides is 1. The average Bonchev–Trinajstić information content (AvgIpc) is 2.76. The van der Waals surface area contributed by atoms with Crippen molar-refractivity contribution >= 4 is 44.1 Å². The highest BCUT2D eigenvalue weighted by atomic mass is 79.9. The van der Waals surface area contributed by atoms with Gasteiger partial charge in [0.15, 0.2) is 0 Å². The first-order chi connectivity index (χ1) is 9.67. The quantitative estimate of drug-likeness (QED) is 0.646. The van der Waals surface area contributed by atoms with Crippen molar-refractivity contribution in [1.82, 2.24) is 0 Å². The van der Waals surface area contributed by atoms with E-state index < -0.39 is 0 Å². The summed E-state index contributed by atoms with van der Waals surface area (Å²) in [5.74, 6) is -0.396. The molecule has 0 aliphatic heterocycles. The molecule has 0 fully saturated rings. The number of thiophene rings is 1. The molecule has 0 saturated heterocycles. The molecule has 0 saturated carbocycles. The number of carbonyl (C=O) groups excluding carboxylic acids is 2. The second-order valence-corrected chi connectivity index (χ2v) is 6.52. The predicted molar refractivity (Wildman–Crippen MR) is 84.0 cm³/mol. The Balaban J connectivity index is 2.31. The number of ether oxygens (including phenoxy) is 1. The van der Waals surface area contributed by atoms with Gasteiger partial charge in [-0.25, -0.2) is 4.79 Å². The minimum Gasteiger partial charge on any atom is -0.462 e. The van der Waals surface area contributed by atoms with Crippen LogP contribution in [0.3, 0.4) is 0 Å². The van der Waals surface area contributed by atoms with Crippen LogP contribution in [0, 0.1) is 0 Å². The van der Waals surface area contributed by atoms with Crippen LogP contribution in [0.25, 0.3) is 0 Å². The van der Waals surface area contributed by atoms with Crippen LogP contribution in [0.15, 0.2) is 0 Å². The minimum absolute atomic E-state index is 0.0778. The molecule has 1 aromatic rings. The van der Waals surface area contributed by atoms with Crippen molar-refractivity contribution in [2.24, 2.45) is 0 Å². The smallest absolute Gasteiger partial charge is 0.341 e. The molecule has 0 spiro atoms. The van der Waals surface area contributed by atoms with Crippen LogP contribution in [0.5, 0.6) is 0 Å². The van der Waals surface area contributed by atoms with Gasteiger partial charge in [-0.3, -0.25) is 4.79 Å². The zero-order valence-corrected chi connectivity index (χ0v) is 13.9. The van der Waals surface area contributed by atoms with Gasteiger partial charge in [0, 0.05) is 16.6 Å². The molecule has 0 unspecified atom stereocenters. The van der Waals surface area contributed by atoms with Crippen molar-refractivity contribution in [3.63, 3.8) is 0 Å². The van der Waals surface area contributed by atoms with Crippen LogP contribution in [-0.2, 0) is 22.4 Å². The average molecular weight is 360 g/mol. The first kappa shape index (κ1) is 15.5. The van der Waals surface area contributed by atoms with Crippen molar-refractivity contribution in [3.8, 4) is 0 Å². The van der Waals surface area contributed by atoms with Gasteiger partial charge < -0.3 is 10.1 Å². The number of anilines is 1. The Labute approximate surface area is 131 Å². The number of hydrogen-bond acceptors (Lipinski definition) is 4. The van der Waals surface area contributed by atoms with E-state index in [0.29, 0.717) is 28.9 Å². The van der Waals surface area contributed by atoms with Crippen molar-refractivity contribution in [1.29, 1.82) is 0 Å². The number of esters is 1. The Morgan fingerprint density at radius 3 is 2.80 bits per heavy atom. The fourth-order valence-electron chi connectivity index (χ4n) is 2.35. The van der Waals surface area contributed by atoms with Crippen molar-refractivity contribution in [2.45, 2.75) is 39.0 Å². The number of alkyl halides is 1. The van der Waals surface area contributed by atoms with E-state index in [-0.39, 0.29) is 11.9 Å². The summed E-state index contributed by atoms with van der Waals surface area (Å²) in [4.78, 5) is 25.1. The lowest BCUT2D eigenvalue weighted by Gasteiger charge is -2.12. The van der Waals surface area contributed by atoms with Gasteiger partial charge in [0.25, 0.3) is 0 Å². The zero-order valence-electron chi connectivity index (χ0n) is 11.5. The van der Waals surface area contributed by atoms with Gasteiger partial charge in [-0.2, -0.15) is 0 Å². The molecule has 0 aromatic carbocycles. The molecular formula is C14H18BrNO3S. The van der Waals surface area contributed by atoms with Crippen LogP contribution in [-0.4, -0.2) is 23.8 Å². The van der Waals surface area contributed by atoms with Crippen LogP contribution in [0.1, 0.15) is 47.0 Å². The second kappa shape index (κ2) is 7.22. The number of hydrogen-bond donors (Lipinski definition) is 1. The summed E-state index contributed by atoms with van der Waals surface area (Å²) in [5, 5.41) is 4.12. The Kier molecular flexibility index (Phi) is 5.60. The lowest BCUT2D eigenvalue weighted by Crippen LogP contribution is -2.15. The highest BCUT2D eigenvalue weighted by Gasteiger charge is 2.26. The van der Waals surface area contributed by atoms with E-state index in [4.69, 9.17) is 4.74 Å². The lowest BCUT2D eigenvalue weighted by atomic mass is 9.95. The summed E-state index contributed by atoms with van der Waals surface area (Å²) in [6, 6.07) is 0. The lowest BCUT2D eigenvalue weighted by molar-refractivity contribution is -0.115. The van der Waals surface area contributed by atoms with E-state index in [1.54, 1.807) is 6.92 Å². The van der Waals surface area contributed by atoms with E-state index in [2.05, 4.69) is 21.2 Å². The summed E-state index contributed by atoms with van der Waals surface area (Å²) >= 11 is 4.77. The van der Waals surface area contributed by atoms with Gasteiger partial charge in [-0.1, -0.05) is 15.9 Å². The SMILES string of the molecule is CCOC(=O)c1c(NC(=O)CCBr)sc2c1CCCC2. The predicted octanol–water partition coefficient (Wildman–Crippen LogP) is 3.53. The molecule has 1 aliphatic rings. The third-order valence-corrected chi connectivity index (χ3v) is 4.83. The monoisotopic (exact) mass is 359 g/mol. The highest BCUT2D eigenvalue weighted by molar-refractivity contribution is 9.09. The summed E-state index contributed by atoms with van der Waals surface area (Å²) in [6.07, 6.45) is 4.51. The summed E-state index contributed by atoms with van der Waals surface area (Å²) in [6.45, 7) is 2.14. The number of aryl methyl sites for hydroxylation is 1. The maximum Gasteiger partial charge on any atom is 0.341 e. The molecule has 4 nitrogen and oxygen atoms in total. The van der Waals surface area contributed by atoms with Gasteiger partial charge in [0.05, 0.1) is 12.2 Å². The third kappa shape index (κ3) is 3.41. The van der Waals surface area contributed by atoms with Gasteiger partial charge in [-0.15, -0.1) is 11.3 Å². The van der Waals surface area contributed by atoms with Gasteiger partial charge in [0.1, 0.15) is 5.00 Å². The van der Waals surface area contributed by atoms with Crippen molar-refractivity contribution < 1.29 is 14.3 Å². The molecule has 1 aliphatic carbocycles. The second-order valence-electron chi connectivity index (χ2n) is 4.62. The highest BCUT2D eigenvalue weighted by Crippen LogP contribution is 2.38. The number of rotatable bonds is 5. The topological polar surface area (TPSA) is 55.4 Å². The maximum atomic E-state index is 12.2. The van der Waals surface area contributed by atoms with Crippen molar-refractivity contribution in [2.75, 3.05) is 17.3 Å². The first-order valence-electron chi connectivity index (χ1n) is 6.84. The first-order valence-corrected chi connectivity index (χ1v) is 8.78. The molecule has 20 heavy (non-hydrogen) atoms. The summed E-state index contributed by atoms with van der Waals surface area (Å²) in [7, 11) is 0. The van der Waals surface area contributed by atoms with E-state index in [1.165, 1.54) is 16.2 Å². The number of nitrogens with one attached hydrogen (secondary N) is 1. The maximum absolute atomic E-state index is 12.2. The fraction of sp³-hybridized carbons (Fsp3) is 0.571. The number of carbonyl (C=O) groups is 2. The van der Waals surface area contributed by atoms with Crippen molar-refractivity contribution in [3.05, 3.63) is 16.0 Å². The van der Waals surface area contributed by atoms with E-state index in [1.807, 2.05) is 0 Å². The minimum atomic E-state index is -0.318. The number of halogens is 1. The Hall–Kier alpha value is -0.880. The molecule has 0 bridgehead atoms. The van der Waals surface area contributed by atoms with Gasteiger partial charge in [-0.05, 0) is 38.2 Å². The van der Waals surface area contributed by atoms with E-state index in [0.717, 1.165) is 31.2 Å². The Morgan fingerprint density at radius 1 is 1.35 bits per heavy atom. The molecule has 1 N–H and O–H groups in total. The van der Waals surface area contributed by atoms with Crippen LogP contribution < -0.4 is 5.32 Å². The molecule has 6 heteroatoms. The standard InChI is InChI=1S/C14H18BrNO3S/c1-2-19-14(18)12-9-5-3-4-6-10(9)20-13(12)16-11(17)7-8-15/h2-8H2,1H3,(H,16,17). The summed E-state index contributed by atoms with van der Waals surface area (Å²) in [5.41, 5.74) is 1.66. The molecule has 1 amide bonds. The van der Waals surface area contributed by atoms with Crippen LogP contribution in [0.4, 0.5) is 5.00 Å². The molecule has 0 radical (unpaired) electrons. The molecule has 110 valence electrons. The number of fused-ring (bicyclic) bond motifs is 1. The normalized spacial score (nSPS) is 13.7. The van der Waals surface area contributed by atoms with E-state index >= 15 is 0 Å². The molecule has 1 heterocycles. The molecule has 0 atom stereocenters. The summed E-state index contributed by atoms with van der Waals surface area (Å²) < 4.78 is 5.14.